The van der Waals surface area contributed by atoms with Crippen molar-refractivity contribution in [2.75, 3.05) is 17.5 Å². The maximum absolute atomic E-state index is 13.9. The Balaban J connectivity index is 1.74. The second-order valence-corrected chi connectivity index (χ2v) is 10.9. The normalized spacial score (nSPS) is 12.0. The molecule has 4 rings (SSSR count). The average Bonchev–Trinajstić information content (AvgIpc) is 2.92. The Hall–Kier alpha value is -4.10. The fraction of sp³-hybridized carbons (Fsp3) is 0.194. The van der Waals surface area contributed by atoms with Crippen molar-refractivity contribution in [3.63, 3.8) is 0 Å². The van der Waals surface area contributed by atoms with Gasteiger partial charge in [-0.05, 0) is 61.7 Å². The molecular weight excluding hydrogens is 496 g/mol. The Morgan fingerprint density at radius 1 is 0.842 bits per heavy atom. The van der Waals surface area contributed by atoms with Gasteiger partial charge in [-0.15, -0.1) is 0 Å². The standard InChI is InChI=1S/C31H32N2O4S/c1-4-37-29-17-11-10-16-28(29)33(38(35,36)26-20-18-23(2)19-21-26)22-30(34)32-31(25-13-6-5-7-14-25)27-15-9-8-12-24(27)3/h5-21,31H,4,22H2,1-3H3,(H,32,34). The first-order valence-corrected chi connectivity index (χ1v) is 14.0. The summed E-state index contributed by atoms with van der Waals surface area (Å²) in [6.07, 6.45) is 0. The predicted molar refractivity (Wildman–Crippen MR) is 151 cm³/mol. The van der Waals surface area contributed by atoms with Crippen molar-refractivity contribution < 1.29 is 17.9 Å². The van der Waals surface area contributed by atoms with Gasteiger partial charge in [-0.3, -0.25) is 9.10 Å². The van der Waals surface area contributed by atoms with Crippen LogP contribution in [0.15, 0.2) is 108 Å². The first-order chi connectivity index (χ1) is 18.3. The van der Waals surface area contributed by atoms with Crippen LogP contribution in [0.4, 0.5) is 5.69 Å². The zero-order valence-corrected chi connectivity index (χ0v) is 22.6. The Morgan fingerprint density at radius 2 is 1.47 bits per heavy atom. The van der Waals surface area contributed by atoms with Gasteiger partial charge in [-0.1, -0.05) is 84.4 Å². The van der Waals surface area contributed by atoms with Gasteiger partial charge in [-0.25, -0.2) is 8.42 Å². The van der Waals surface area contributed by atoms with Crippen molar-refractivity contribution in [3.05, 3.63) is 125 Å². The van der Waals surface area contributed by atoms with E-state index in [0.29, 0.717) is 18.0 Å². The van der Waals surface area contributed by atoms with Crippen molar-refractivity contribution in [2.24, 2.45) is 0 Å². The summed E-state index contributed by atoms with van der Waals surface area (Å²) in [4.78, 5) is 13.7. The van der Waals surface area contributed by atoms with Crippen LogP contribution in [-0.2, 0) is 14.8 Å². The molecule has 7 heteroatoms. The molecule has 1 atom stereocenters. The fourth-order valence-electron chi connectivity index (χ4n) is 4.31. The number of benzene rings is 4. The maximum Gasteiger partial charge on any atom is 0.264 e. The van der Waals surface area contributed by atoms with E-state index in [-0.39, 0.29) is 4.90 Å². The van der Waals surface area contributed by atoms with Gasteiger partial charge in [0.05, 0.1) is 23.2 Å². The lowest BCUT2D eigenvalue weighted by atomic mass is 9.95. The quantitative estimate of drug-likeness (QED) is 0.282. The summed E-state index contributed by atoms with van der Waals surface area (Å²) in [6.45, 7) is 5.64. The van der Waals surface area contributed by atoms with E-state index < -0.39 is 28.5 Å². The zero-order valence-electron chi connectivity index (χ0n) is 21.8. The summed E-state index contributed by atoms with van der Waals surface area (Å²) in [5, 5.41) is 3.09. The SMILES string of the molecule is CCOc1ccccc1N(CC(=O)NC(c1ccccc1)c1ccccc1C)S(=O)(=O)c1ccc(C)cc1. The molecule has 0 saturated carbocycles. The average molecular weight is 529 g/mol. The Kier molecular flexibility index (Phi) is 8.48. The molecule has 6 nitrogen and oxygen atoms in total. The number of rotatable bonds is 10. The molecule has 4 aromatic rings. The minimum absolute atomic E-state index is 0.0979. The van der Waals surface area contributed by atoms with E-state index >= 15 is 0 Å². The molecule has 0 radical (unpaired) electrons. The molecule has 0 spiro atoms. The minimum atomic E-state index is -4.09. The second-order valence-electron chi connectivity index (χ2n) is 8.99. The summed E-state index contributed by atoms with van der Waals surface area (Å²) in [5.41, 5.74) is 4.10. The molecule has 0 heterocycles. The minimum Gasteiger partial charge on any atom is -0.492 e. The lowest BCUT2D eigenvalue weighted by Crippen LogP contribution is -2.42. The molecule has 1 amide bonds. The molecule has 1 unspecified atom stereocenters. The first-order valence-electron chi connectivity index (χ1n) is 12.5. The molecule has 0 aliphatic carbocycles. The largest absolute Gasteiger partial charge is 0.492 e. The molecule has 0 aliphatic heterocycles. The number of carbonyl (C=O) groups excluding carboxylic acids is 1. The smallest absolute Gasteiger partial charge is 0.264 e. The predicted octanol–water partition coefficient (Wildman–Crippen LogP) is 5.80. The van der Waals surface area contributed by atoms with Crippen molar-refractivity contribution in [1.29, 1.82) is 0 Å². The van der Waals surface area contributed by atoms with Crippen LogP contribution in [0, 0.1) is 13.8 Å². The molecule has 0 aliphatic rings. The van der Waals surface area contributed by atoms with Crippen molar-refractivity contribution >= 4 is 21.6 Å². The number of hydrogen-bond acceptors (Lipinski definition) is 4. The number of aryl methyl sites for hydroxylation is 2. The molecule has 196 valence electrons. The highest BCUT2D eigenvalue weighted by atomic mass is 32.2. The number of nitrogens with zero attached hydrogens (tertiary/aromatic N) is 1. The van der Waals surface area contributed by atoms with Crippen LogP contribution in [0.25, 0.3) is 0 Å². The number of sulfonamides is 1. The third-order valence-corrected chi connectivity index (χ3v) is 8.04. The Bertz CT molecular complexity index is 1490. The second kappa shape index (κ2) is 12.0. The van der Waals surface area contributed by atoms with Gasteiger partial charge in [0.1, 0.15) is 12.3 Å². The van der Waals surface area contributed by atoms with E-state index in [9.17, 15) is 13.2 Å². The van der Waals surface area contributed by atoms with Crippen LogP contribution in [-0.4, -0.2) is 27.5 Å². The summed E-state index contributed by atoms with van der Waals surface area (Å²) < 4.78 is 34.7. The number of ether oxygens (including phenoxy) is 1. The van der Waals surface area contributed by atoms with Crippen molar-refractivity contribution in [1.82, 2.24) is 5.32 Å². The van der Waals surface area contributed by atoms with Crippen molar-refractivity contribution in [2.45, 2.75) is 31.7 Å². The molecule has 4 aromatic carbocycles. The zero-order chi connectivity index (χ0) is 27.1. The van der Waals surface area contributed by atoms with Crippen LogP contribution in [0.5, 0.6) is 5.75 Å². The summed E-state index contributed by atoms with van der Waals surface area (Å²) in [5.74, 6) is -0.0545. The summed E-state index contributed by atoms with van der Waals surface area (Å²) >= 11 is 0. The van der Waals surface area contributed by atoms with Gasteiger partial charge in [0.15, 0.2) is 0 Å². The maximum atomic E-state index is 13.9. The summed E-state index contributed by atoms with van der Waals surface area (Å²) in [7, 11) is -4.09. The third-order valence-electron chi connectivity index (χ3n) is 6.27. The number of amides is 1. The van der Waals surface area contributed by atoms with E-state index in [1.165, 1.54) is 0 Å². The third kappa shape index (κ3) is 6.06. The molecule has 0 aromatic heterocycles. The number of carbonyl (C=O) groups is 1. The van der Waals surface area contributed by atoms with Crippen molar-refractivity contribution in [3.8, 4) is 5.75 Å². The molecule has 0 fully saturated rings. The van der Waals surface area contributed by atoms with Gasteiger partial charge < -0.3 is 10.1 Å². The Labute approximate surface area is 225 Å². The highest BCUT2D eigenvalue weighted by molar-refractivity contribution is 7.92. The van der Waals surface area contributed by atoms with E-state index in [0.717, 1.165) is 26.6 Å². The van der Waals surface area contributed by atoms with E-state index in [1.807, 2.05) is 75.4 Å². The molecule has 1 N–H and O–H groups in total. The molecule has 38 heavy (non-hydrogen) atoms. The number of anilines is 1. The van der Waals surface area contributed by atoms with Gasteiger partial charge in [0, 0.05) is 0 Å². The molecule has 0 saturated heterocycles. The highest BCUT2D eigenvalue weighted by Crippen LogP contribution is 2.33. The monoisotopic (exact) mass is 528 g/mol. The van der Waals surface area contributed by atoms with Crippen LogP contribution >= 0.6 is 0 Å². The van der Waals surface area contributed by atoms with E-state index in [1.54, 1.807) is 48.5 Å². The lowest BCUT2D eigenvalue weighted by Gasteiger charge is -2.28. The topological polar surface area (TPSA) is 75.7 Å². The molecule has 0 bridgehead atoms. The van der Waals surface area contributed by atoms with Crippen LogP contribution in [0.1, 0.15) is 35.2 Å². The summed E-state index contributed by atoms with van der Waals surface area (Å²) in [6, 6.07) is 30.5. The molecular formula is C31H32N2O4S. The first kappa shape index (κ1) is 26.9. The number of nitrogens with one attached hydrogen (secondary N) is 1. The fourth-order valence-corrected chi connectivity index (χ4v) is 5.74. The number of hydrogen-bond donors (Lipinski definition) is 1. The van der Waals surface area contributed by atoms with E-state index in [4.69, 9.17) is 4.74 Å². The van der Waals surface area contributed by atoms with Gasteiger partial charge >= 0.3 is 0 Å². The Morgan fingerprint density at radius 3 is 2.16 bits per heavy atom. The highest BCUT2D eigenvalue weighted by Gasteiger charge is 2.30. The number of para-hydroxylation sites is 2. The van der Waals surface area contributed by atoms with Crippen LogP contribution < -0.4 is 14.4 Å². The van der Waals surface area contributed by atoms with Gasteiger partial charge in [0.25, 0.3) is 10.0 Å². The van der Waals surface area contributed by atoms with Crippen LogP contribution in [0.3, 0.4) is 0 Å². The van der Waals surface area contributed by atoms with Gasteiger partial charge in [0.2, 0.25) is 5.91 Å². The van der Waals surface area contributed by atoms with Crippen LogP contribution in [0.2, 0.25) is 0 Å². The lowest BCUT2D eigenvalue weighted by molar-refractivity contribution is -0.120. The van der Waals surface area contributed by atoms with E-state index in [2.05, 4.69) is 5.32 Å². The van der Waals surface area contributed by atoms with Gasteiger partial charge in [-0.2, -0.15) is 0 Å².